The summed E-state index contributed by atoms with van der Waals surface area (Å²) < 4.78 is 0. The van der Waals surface area contributed by atoms with E-state index in [4.69, 9.17) is 0 Å². The zero-order chi connectivity index (χ0) is 14.2. The van der Waals surface area contributed by atoms with Gasteiger partial charge in [0.05, 0.1) is 12.0 Å². The van der Waals surface area contributed by atoms with Gasteiger partial charge in [-0.1, -0.05) is 6.07 Å². The zero-order valence-electron chi connectivity index (χ0n) is 10.8. The maximum absolute atomic E-state index is 11.7. The lowest BCUT2D eigenvalue weighted by molar-refractivity contribution is -0.120. The van der Waals surface area contributed by atoms with Crippen molar-refractivity contribution in [1.29, 1.82) is 0 Å². The summed E-state index contributed by atoms with van der Waals surface area (Å²) in [5.41, 5.74) is 0.511. The Labute approximate surface area is 121 Å². The van der Waals surface area contributed by atoms with Crippen LogP contribution in [-0.4, -0.2) is 29.9 Å². The van der Waals surface area contributed by atoms with E-state index in [-0.39, 0.29) is 11.8 Å². The third-order valence-electron chi connectivity index (χ3n) is 2.57. The van der Waals surface area contributed by atoms with E-state index < -0.39 is 0 Å². The second kappa shape index (κ2) is 7.40. The Morgan fingerprint density at radius 2 is 2.00 bits per heavy atom. The van der Waals surface area contributed by atoms with Crippen molar-refractivity contribution < 1.29 is 9.59 Å². The molecule has 104 valence electrons. The van der Waals surface area contributed by atoms with Gasteiger partial charge in [0.2, 0.25) is 5.91 Å². The molecule has 0 aliphatic heterocycles. The first-order chi connectivity index (χ1) is 9.75. The minimum absolute atomic E-state index is 0.0388. The van der Waals surface area contributed by atoms with Gasteiger partial charge in [-0.2, -0.15) is 0 Å². The van der Waals surface area contributed by atoms with Gasteiger partial charge in [0.25, 0.3) is 5.91 Å². The van der Waals surface area contributed by atoms with Crippen molar-refractivity contribution in [2.24, 2.45) is 0 Å². The maximum atomic E-state index is 11.7. The predicted octanol–water partition coefficient (Wildman–Crippen LogP) is 1.23. The second-order valence-electron chi connectivity index (χ2n) is 4.10. The minimum Gasteiger partial charge on any atom is -0.354 e. The average Bonchev–Trinajstić information content (AvgIpc) is 2.97. The van der Waals surface area contributed by atoms with Crippen molar-refractivity contribution in [2.45, 2.75) is 6.42 Å². The van der Waals surface area contributed by atoms with Crippen molar-refractivity contribution >= 4 is 23.2 Å². The number of thiophene rings is 1. The van der Waals surface area contributed by atoms with Crippen LogP contribution in [0.25, 0.3) is 0 Å². The number of amides is 2. The Hall–Kier alpha value is -2.21. The van der Waals surface area contributed by atoms with Crippen molar-refractivity contribution in [1.82, 2.24) is 15.6 Å². The summed E-state index contributed by atoms with van der Waals surface area (Å²) in [4.78, 5) is 28.2. The van der Waals surface area contributed by atoms with E-state index in [2.05, 4.69) is 15.6 Å². The highest BCUT2D eigenvalue weighted by molar-refractivity contribution is 7.10. The summed E-state index contributed by atoms with van der Waals surface area (Å²) >= 11 is 1.56. The van der Waals surface area contributed by atoms with Crippen LogP contribution in [0.3, 0.4) is 0 Å². The van der Waals surface area contributed by atoms with Gasteiger partial charge in [-0.3, -0.25) is 14.6 Å². The third-order valence-corrected chi connectivity index (χ3v) is 3.45. The number of nitrogens with one attached hydrogen (secondary N) is 2. The number of pyridine rings is 1. The van der Waals surface area contributed by atoms with Gasteiger partial charge in [-0.25, -0.2) is 0 Å². The van der Waals surface area contributed by atoms with E-state index in [0.29, 0.717) is 25.1 Å². The SMILES string of the molecule is O=C(Cc1cccs1)NCCNC(=O)c1cccnc1. The van der Waals surface area contributed by atoms with Gasteiger partial charge >= 0.3 is 0 Å². The fourth-order valence-corrected chi connectivity index (χ4v) is 2.31. The van der Waals surface area contributed by atoms with Crippen LogP contribution in [0.2, 0.25) is 0 Å². The van der Waals surface area contributed by atoms with Gasteiger partial charge in [-0.15, -0.1) is 11.3 Å². The summed E-state index contributed by atoms with van der Waals surface area (Å²) in [6.45, 7) is 0.806. The molecule has 0 aromatic carbocycles. The topological polar surface area (TPSA) is 71.1 Å². The molecule has 0 saturated heterocycles. The molecule has 2 N–H and O–H groups in total. The fourth-order valence-electron chi connectivity index (χ4n) is 1.61. The molecule has 2 heterocycles. The minimum atomic E-state index is -0.189. The Morgan fingerprint density at radius 3 is 2.70 bits per heavy atom. The first-order valence-electron chi connectivity index (χ1n) is 6.23. The van der Waals surface area contributed by atoms with Crippen LogP contribution in [0.4, 0.5) is 0 Å². The van der Waals surface area contributed by atoms with E-state index in [0.717, 1.165) is 4.88 Å². The third kappa shape index (κ3) is 4.47. The van der Waals surface area contributed by atoms with Gasteiger partial charge in [-0.05, 0) is 23.6 Å². The second-order valence-corrected chi connectivity index (χ2v) is 5.14. The van der Waals surface area contributed by atoms with Crippen molar-refractivity contribution in [3.8, 4) is 0 Å². The monoisotopic (exact) mass is 289 g/mol. The molecule has 0 fully saturated rings. The molecule has 0 spiro atoms. The number of rotatable bonds is 6. The number of aromatic nitrogens is 1. The number of carbonyl (C=O) groups excluding carboxylic acids is 2. The highest BCUT2D eigenvalue weighted by Crippen LogP contribution is 2.08. The quantitative estimate of drug-likeness (QED) is 0.786. The highest BCUT2D eigenvalue weighted by atomic mass is 32.1. The van der Waals surface area contributed by atoms with Gasteiger partial charge in [0.1, 0.15) is 0 Å². The molecular formula is C14H15N3O2S. The van der Waals surface area contributed by atoms with Crippen LogP contribution in [0, 0.1) is 0 Å². The molecule has 0 bridgehead atoms. The Bertz CT molecular complexity index is 555. The Morgan fingerprint density at radius 1 is 1.15 bits per heavy atom. The largest absolute Gasteiger partial charge is 0.354 e. The lowest BCUT2D eigenvalue weighted by Crippen LogP contribution is -2.35. The molecule has 0 aliphatic carbocycles. The van der Waals surface area contributed by atoms with Crippen LogP contribution in [0.15, 0.2) is 42.0 Å². The Balaban J connectivity index is 1.64. The normalized spacial score (nSPS) is 10.0. The van der Waals surface area contributed by atoms with Gasteiger partial charge < -0.3 is 10.6 Å². The van der Waals surface area contributed by atoms with Crippen molar-refractivity contribution in [3.05, 3.63) is 52.5 Å². The average molecular weight is 289 g/mol. The molecule has 20 heavy (non-hydrogen) atoms. The number of hydrogen-bond donors (Lipinski definition) is 2. The summed E-state index contributed by atoms with van der Waals surface area (Å²) in [6.07, 6.45) is 3.50. The summed E-state index contributed by atoms with van der Waals surface area (Å²) in [5, 5.41) is 7.43. The van der Waals surface area contributed by atoms with Crippen LogP contribution >= 0.6 is 11.3 Å². The smallest absolute Gasteiger partial charge is 0.252 e. The van der Waals surface area contributed by atoms with Crippen LogP contribution in [0.1, 0.15) is 15.2 Å². The fraction of sp³-hybridized carbons (Fsp3) is 0.214. The number of hydrogen-bond acceptors (Lipinski definition) is 4. The van der Waals surface area contributed by atoms with Crippen LogP contribution in [0.5, 0.6) is 0 Å². The summed E-state index contributed by atoms with van der Waals surface area (Å²) in [6, 6.07) is 7.24. The van der Waals surface area contributed by atoms with E-state index in [9.17, 15) is 9.59 Å². The lowest BCUT2D eigenvalue weighted by Gasteiger charge is -2.06. The molecule has 0 saturated carbocycles. The molecule has 2 aromatic rings. The van der Waals surface area contributed by atoms with Crippen molar-refractivity contribution in [3.63, 3.8) is 0 Å². The molecule has 0 atom stereocenters. The number of carbonyl (C=O) groups is 2. The molecule has 2 aromatic heterocycles. The van der Waals surface area contributed by atoms with E-state index in [1.165, 1.54) is 6.20 Å². The predicted molar refractivity (Wildman–Crippen MR) is 77.6 cm³/mol. The summed E-state index contributed by atoms with van der Waals surface area (Å²) in [7, 11) is 0. The molecule has 2 amide bonds. The maximum Gasteiger partial charge on any atom is 0.252 e. The van der Waals surface area contributed by atoms with E-state index in [1.807, 2.05) is 17.5 Å². The van der Waals surface area contributed by atoms with Crippen molar-refractivity contribution in [2.75, 3.05) is 13.1 Å². The summed E-state index contributed by atoms with van der Waals surface area (Å²) in [5.74, 6) is -0.228. The zero-order valence-corrected chi connectivity index (χ0v) is 11.7. The molecule has 0 aliphatic rings. The van der Waals surface area contributed by atoms with Crippen LogP contribution < -0.4 is 10.6 Å². The van der Waals surface area contributed by atoms with E-state index >= 15 is 0 Å². The first kappa shape index (κ1) is 14.2. The molecule has 0 unspecified atom stereocenters. The lowest BCUT2D eigenvalue weighted by atomic mass is 10.3. The highest BCUT2D eigenvalue weighted by Gasteiger charge is 2.05. The molecule has 5 nitrogen and oxygen atoms in total. The molecular weight excluding hydrogens is 274 g/mol. The molecule has 2 rings (SSSR count). The van der Waals surface area contributed by atoms with Crippen LogP contribution in [-0.2, 0) is 11.2 Å². The van der Waals surface area contributed by atoms with Gasteiger partial charge in [0.15, 0.2) is 0 Å². The molecule has 0 radical (unpaired) electrons. The standard InChI is InChI=1S/C14H15N3O2S/c18-13(9-12-4-2-8-20-12)16-6-7-17-14(19)11-3-1-5-15-10-11/h1-5,8,10H,6-7,9H2,(H,16,18)(H,17,19). The van der Waals surface area contributed by atoms with E-state index in [1.54, 1.807) is 29.7 Å². The number of nitrogens with zero attached hydrogens (tertiary/aromatic N) is 1. The van der Waals surface area contributed by atoms with Gasteiger partial charge in [0, 0.05) is 30.4 Å². The molecule has 6 heteroatoms. The Kier molecular flexibility index (Phi) is 5.25. The first-order valence-corrected chi connectivity index (χ1v) is 7.11.